The van der Waals surface area contributed by atoms with E-state index in [1.165, 1.54) is 18.4 Å². The van der Waals surface area contributed by atoms with E-state index < -0.39 is 0 Å². The minimum atomic E-state index is 0.837. The lowest BCUT2D eigenvalue weighted by Crippen LogP contribution is -1.75. The van der Waals surface area contributed by atoms with Crippen molar-refractivity contribution in [3.05, 3.63) is 34.9 Å². The van der Waals surface area contributed by atoms with Crippen LogP contribution in [-0.2, 0) is 0 Å². The summed E-state index contributed by atoms with van der Waals surface area (Å²) in [4.78, 5) is 0. The fraction of sp³-hybridized carbons (Fsp3) is 0.333. The van der Waals surface area contributed by atoms with E-state index in [4.69, 9.17) is 11.6 Å². The molecule has 52 valence electrons. The predicted molar refractivity (Wildman–Crippen MR) is 43.4 cm³/mol. The Bertz CT molecular complexity index is 221. The normalized spacial score (nSPS) is 17.3. The molecule has 1 heteroatoms. The Morgan fingerprint density at radius 1 is 1.10 bits per heavy atom. The van der Waals surface area contributed by atoms with Crippen molar-refractivity contribution in [3.63, 3.8) is 0 Å². The zero-order valence-corrected chi connectivity index (χ0v) is 6.43. The highest BCUT2D eigenvalue weighted by Crippen LogP contribution is 2.40. The van der Waals surface area contributed by atoms with E-state index in [0.29, 0.717) is 0 Å². The Labute approximate surface area is 65.8 Å². The van der Waals surface area contributed by atoms with Gasteiger partial charge in [-0.25, -0.2) is 0 Å². The first-order valence-corrected chi connectivity index (χ1v) is 3.99. The largest absolute Gasteiger partial charge is 0.0843 e. The molecule has 0 amide bonds. The molecule has 0 unspecified atom stereocenters. The molecule has 1 fully saturated rings. The van der Waals surface area contributed by atoms with Gasteiger partial charge in [-0.2, -0.15) is 0 Å². The molecule has 0 heterocycles. The number of benzene rings is 1. The molecule has 0 aromatic heterocycles. The lowest BCUT2D eigenvalue weighted by molar-refractivity contribution is 1.13. The third kappa shape index (κ3) is 1.17. The molecule has 1 aromatic carbocycles. The van der Waals surface area contributed by atoms with Crippen molar-refractivity contribution in [2.24, 2.45) is 0 Å². The van der Waals surface area contributed by atoms with E-state index in [2.05, 4.69) is 12.1 Å². The minimum absolute atomic E-state index is 0.837. The van der Waals surface area contributed by atoms with Crippen molar-refractivity contribution >= 4 is 11.6 Å². The second-order valence-corrected chi connectivity index (χ2v) is 3.26. The van der Waals surface area contributed by atoms with E-state index >= 15 is 0 Å². The van der Waals surface area contributed by atoms with Gasteiger partial charge in [-0.15, -0.1) is 0 Å². The fourth-order valence-electron chi connectivity index (χ4n) is 1.15. The summed E-state index contributed by atoms with van der Waals surface area (Å²) in [5, 5.41) is 0.837. The van der Waals surface area contributed by atoms with Crippen LogP contribution in [0.15, 0.2) is 24.3 Å². The second kappa shape index (κ2) is 2.28. The highest BCUT2D eigenvalue weighted by molar-refractivity contribution is 6.30. The standard InChI is InChI=1S/C9H9Cl/c10-9-5-3-8(4-6-9)7-1-2-7/h3-7H,1-2H2. The van der Waals surface area contributed by atoms with Crippen LogP contribution in [0.5, 0.6) is 0 Å². The first-order valence-electron chi connectivity index (χ1n) is 3.62. The second-order valence-electron chi connectivity index (χ2n) is 2.83. The average Bonchev–Trinajstić information content (AvgIpc) is 2.71. The molecule has 0 radical (unpaired) electrons. The Kier molecular flexibility index (Phi) is 1.42. The SMILES string of the molecule is Clc1ccc(C2CC2)cc1. The van der Waals surface area contributed by atoms with Gasteiger partial charge in [0.15, 0.2) is 0 Å². The third-order valence-corrected chi connectivity index (χ3v) is 2.17. The first kappa shape index (κ1) is 6.23. The molecule has 0 spiro atoms. The molecule has 10 heavy (non-hydrogen) atoms. The maximum Gasteiger partial charge on any atom is 0.0406 e. The van der Waals surface area contributed by atoms with Crippen LogP contribution >= 0.6 is 11.6 Å². The van der Waals surface area contributed by atoms with Crippen molar-refractivity contribution in [3.8, 4) is 0 Å². The molecule has 0 N–H and O–H groups in total. The van der Waals surface area contributed by atoms with Crippen LogP contribution in [0.1, 0.15) is 24.3 Å². The summed E-state index contributed by atoms with van der Waals surface area (Å²) >= 11 is 5.74. The van der Waals surface area contributed by atoms with Gasteiger partial charge >= 0.3 is 0 Å². The smallest absolute Gasteiger partial charge is 0.0406 e. The molecule has 0 nitrogen and oxygen atoms in total. The Hall–Kier alpha value is -0.490. The fourth-order valence-corrected chi connectivity index (χ4v) is 1.28. The Balaban J connectivity index is 2.28. The Morgan fingerprint density at radius 2 is 1.70 bits per heavy atom. The third-order valence-electron chi connectivity index (χ3n) is 1.92. The van der Waals surface area contributed by atoms with Crippen molar-refractivity contribution in [2.75, 3.05) is 0 Å². The monoisotopic (exact) mass is 152 g/mol. The van der Waals surface area contributed by atoms with Crippen LogP contribution in [0.3, 0.4) is 0 Å². The molecule has 1 aliphatic rings. The Morgan fingerprint density at radius 3 is 2.20 bits per heavy atom. The topological polar surface area (TPSA) is 0 Å². The predicted octanol–water partition coefficient (Wildman–Crippen LogP) is 3.22. The van der Waals surface area contributed by atoms with Gasteiger partial charge in [-0.05, 0) is 36.5 Å². The van der Waals surface area contributed by atoms with Crippen LogP contribution in [0.25, 0.3) is 0 Å². The quantitative estimate of drug-likeness (QED) is 0.580. The highest BCUT2D eigenvalue weighted by Gasteiger charge is 2.22. The van der Waals surface area contributed by atoms with Gasteiger partial charge in [0, 0.05) is 5.02 Å². The maximum absolute atomic E-state index is 5.74. The van der Waals surface area contributed by atoms with E-state index in [1.807, 2.05) is 12.1 Å². The van der Waals surface area contributed by atoms with Crippen LogP contribution < -0.4 is 0 Å². The molecular formula is C9H9Cl. The molecule has 0 bridgehead atoms. The maximum atomic E-state index is 5.74. The van der Waals surface area contributed by atoms with Gasteiger partial charge in [-0.3, -0.25) is 0 Å². The van der Waals surface area contributed by atoms with E-state index in [9.17, 15) is 0 Å². The van der Waals surface area contributed by atoms with Crippen LogP contribution in [0, 0.1) is 0 Å². The molecule has 0 atom stereocenters. The van der Waals surface area contributed by atoms with Gasteiger partial charge in [-0.1, -0.05) is 23.7 Å². The van der Waals surface area contributed by atoms with Crippen LogP contribution in [0.2, 0.25) is 5.02 Å². The summed E-state index contributed by atoms with van der Waals surface area (Å²) in [6.07, 6.45) is 2.73. The summed E-state index contributed by atoms with van der Waals surface area (Å²) in [6, 6.07) is 8.18. The van der Waals surface area contributed by atoms with E-state index in [-0.39, 0.29) is 0 Å². The van der Waals surface area contributed by atoms with Crippen molar-refractivity contribution in [1.82, 2.24) is 0 Å². The summed E-state index contributed by atoms with van der Waals surface area (Å²) in [6.45, 7) is 0. The van der Waals surface area contributed by atoms with E-state index in [0.717, 1.165) is 10.9 Å². The summed E-state index contributed by atoms with van der Waals surface area (Å²) in [5.74, 6) is 0.845. The van der Waals surface area contributed by atoms with Gasteiger partial charge in [0.05, 0.1) is 0 Å². The molecule has 1 saturated carbocycles. The molecule has 0 aliphatic heterocycles. The summed E-state index contributed by atoms with van der Waals surface area (Å²) in [7, 11) is 0. The zero-order valence-electron chi connectivity index (χ0n) is 5.68. The molecule has 2 rings (SSSR count). The highest BCUT2D eigenvalue weighted by atomic mass is 35.5. The van der Waals surface area contributed by atoms with Crippen molar-refractivity contribution in [2.45, 2.75) is 18.8 Å². The number of hydrogen-bond donors (Lipinski definition) is 0. The molecule has 1 aliphatic carbocycles. The van der Waals surface area contributed by atoms with Crippen LogP contribution in [-0.4, -0.2) is 0 Å². The lowest BCUT2D eigenvalue weighted by Gasteiger charge is -1.95. The molecular weight excluding hydrogens is 144 g/mol. The van der Waals surface area contributed by atoms with Crippen molar-refractivity contribution < 1.29 is 0 Å². The van der Waals surface area contributed by atoms with Crippen molar-refractivity contribution in [1.29, 1.82) is 0 Å². The average molecular weight is 153 g/mol. The number of halogens is 1. The van der Waals surface area contributed by atoms with Gasteiger partial charge in [0.1, 0.15) is 0 Å². The van der Waals surface area contributed by atoms with Gasteiger partial charge in [0.25, 0.3) is 0 Å². The lowest BCUT2D eigenvalue weighted by atomic mass is 10.1. The number of rotatable bonds is 1. The van der Waals surface area contributed by atoms with Gasteiger partial charge < -0.3 is 0 Å². The zero-order chi connectivity index (χ0) is 6.97. The summed E-state index contributed by atoms with van der Waals surface area (Å²) < 4.78 is 0. The molecule has 1 aromatic rings. The summed E-state index contributed by atoms with van der Waals surface area (Å²) in [5.41, 5.74) is 1.45. The number of hydrogen-bond acceptors (Lipinski definition) is 0. The van der Waals surface area contributed by atoms with E-state index in [1.54, 1.807) is 0 Å². The minimum Gasteiger partial charge on any atom is -0.0843 e. The van der Waals surface area contributed by atoms with Crippen LogP contribution in [0.4, 0.5) is 0 Å². The molecule has 0 saturated heterocycles. The van der Waals surface area contributed by atoms with Gasteiger partial charge in [0.2, 0.25) is 0 Å². The first-order chi connectivity index (χ1) is 4.86.